The van der Waals surface area contributed by atoms with Crippen LogP contribution < -0.4 is 0 Å². The molecule has 1 saturated heterocycles. The highest BCUT2D eigenvalue weighted by atomic mass is 32.2. The Hall–Kier alpha value is -3.95. The first-order valence-corrected chi connectivity index (χ1v) is 15.6. The molecule has 1 fully saturated rings. The number of ketones is 1. The molecule has 0 bridgehead atoms. The number of piperidine rings is 1. The molecule has 44 heavy (non-hydrogen) atoms. The Morgan fingerprint density at radius 2 is 1.93 bits per heavy atom. The zero-order chi connectivity index (χ0) is 30.9. The quantitative estimate of drug-likeness (QED) is 0.257. The topological polar surface area (TPSA) is 119 Å². The van der Waals surface area contributed by atoms with Gasteiger partial charge in [-0.1, -0.05) is 0 Å². The summed E-state index contributed by atoms with van der Waals surface area (Å²) >= 11 is 0. The number of rotatable bonds is 5. The summed E-state index contributed by atoms with van der Waals surface area (Å²) in [7, 11) is -3.67. The summed E-state index contributed by atoms with van der Waals surface area (Å²) < 4.78 is 87.9. The van der Waals surface area contributed by atoms with E-state index in [1.165, 1.54) is 16.4 Å². The molecule has 7 rings (SSSR count). The van der Waals surface area contributed by atoms with E-state index < -0.39 is 38.7 Å². The summed E-state index contributed by atoms with van der Waals surface area (Å²) in [6.45, 7) is 1.23. The smallest absolute Gasteiger partial charge is 0.373 e. The molecule has 3 aromatic heterocycles. The Morgan fingerprint density at radius 1 is 1.14 bits per heavy atom. The van der Waals surface area contributed by atoms with Crippen LogP contribution in [-0.2, 0) is 46.8 Å². The number of ether oxygens (including phenoxy) is 1. The van der Waals surface area contributed by atoms with Gasteiger partial charge in [-0.15, -0.1) is 0 Å². The van der Waals surface area contributed by atoms with Crippen molar-refractivity contribution in [1.82, 2.24) is 28.9 Å². The SMILES string of the molecule is N=S(=O)(c1cc2n(n1)CCOC2)N1CC[C@H]2Cc3c(cnn3-c3ccc(F)cc3)C[C@]2(C(=O)c2cc(C(F)(F)F)ccn2)C1. The summed E-state index contributed by atoms with van der Waals surface area (Å²) in [4.78, 5) is 18.5. The second-order valence-electron chi connectivity index (χ2n) is 11.4. The van der Waals surface area contributed by atoms with Gasteiger partial charge in [0, 0.05) is 31.0 Å². The van der Waals surface area contributed by atoms with Gasteiger partial charge >= 0.3 is 6.18 Å². The molecule has 15 heteroatoms. The molecule has 3 atom stereocenters. The second kappa shape index (κ2) is 10.3. The van der Waals surface area contributed by atoms with E-state index in [1.807, 2.05) is 0 Å². The molecule has 5 heterocycles. The van der Waals surface area contributed by atoms with Crippen molar-refractivity contribution in [2.45, 2.75) is 43.6 Å². The minimum Gasteiger partial charge on any atom is -0.373 e. The lowest BCUT2D eigenvalue weighted by Crippen LogP contribution is -2.57. The molecule has 2 aliphatic heterocycles. The number of hydrogen-bond acceptors (Lipinski definition) is 7. The molecule has 0 amide bonds. The van der Waals surface area contributed by atoms with Crippen molar-refractivity contribution >= 4 is 15.7 Å². The molecule has 0 spiro atoms. The van der Waals surface area contributed by atoms with Gasteiger partial charge < -0.3 is 4.74 Å². The third kappa shape index (κ3) is 4.73. The average Bonchev–Trinajstić information content (AvgIpc) is 3.64. The summed E-state index contributed by atoms with van der Waals surface area (Å²) in [6, 6.07) is 8.98. The number of pyridine rings is 1. The van der Waals surface area contributed by atoms with Crippen molar-refractivity contribution in [3.8, 4) is 5.69 Å². The molecule has 230 valence electrons. The average molecular weight is 630 g/mol. The van der Waals surface area contributed by atoms with E-state index in [-0.39, 0.29) is 42.8 Å². The molecular formula is C29H27F4N7O3S. The molecule has 0 saturated carbocycles. The number of Topliss-reactive ketones (excluding diaryl/α,β-unsaturated/α-hetero) is 1. The van der Waals surface area contributed by atoms with Gasteiger partial charge in [-0.05, 0) is 67.1 Å². The van der Waals surface area contributed by atoms with Crippen molar-refractivity contribution < 1.29 is 31.3 Å². The highest BCUT2D eigenvalue weighted by Gasteiger charge is 2.54. The molecule has 10 nitrogen and oxygen atoms in total. The second-order valence-corrected chi connectivity index (χ2v) is 13.4. The van der Waals surface area contributed by atoms with Crippen LogP contribution in [0.5, 0.6) is 0 Å². The maximum absolute atomic E-state index is 14.4. The van der Waals surface area contributed by atoms with Gasteiger partial charge in [0.2, 0.25) is 0 Å². The maximum Gasteiger partial charge on any atom is 0.416 e. The molecule has 1 aliphatic carbocycles. The standard InChI is InChI=1S/C29H27F4N7O3S/c30-21-1-3-22(4-2-21)40-25-12-19-6-8-38(44(34,42)26-13-23-16-43-10-9-39(23)37-26)17-28(19,14-18(25)15-36-40)27(41)24-11-20(5-7-35-24)29(31,32)33/h1-5,7,11,13,15,19,34H,6,8-10,12,14,16-17H2/t19-,28-,44?/m0/s1. The van der Waals surface area contributed by atoms with E-state index >= 15 is 0 Å². The summed E-state index contributed by atoms with van der Waals surface area (Å²) in [6.07, 6.45) is -1.34. The van der Waals surface area contributed by atoms with E-state index in [1.54, 1.807) is 33.8 Å². The summed E-state index contributed by atoms with van der Waals surface area (Å²) in [5, 5.41) is 8.97. The van der Waals surface area contributed by atoms with Gasteiger partial charge in [0.15, 0.2) is 20.7 Å². The van der Waals surface area contributed by atoms with Crippen molar-refractivity contribution in [3.05, 3.63) is 88.9 Å². The fourth-order valence-electron chi connectivity index (χ4n) is 6.62. The predicted molar refractivity (Wildman–Crippen MR) is 148 cm³/mol. The van der Waals surface area contributed by atoms with Gasteiger partial charge in [0.25, 0.3) is 0 Å². The highest BCUT2D eigenvalue weighted by Crippen LogP contribution is 2.48. The van der Waals surface area contributed by atoms with Crippen LogP contribution in [0.1, 0.15) is 39.4 Å². The van der Waals surface area contributed by atoms with E-state index in [2.05, 4.69) is 15.2 Å². The van der Waals surface area contributed by atoms with Crippen molar-refractivity contribution in [3.63, 3.8) is 0 Å². The summed E-state index contributed by atoms with van der Waals surface area (Å²) in [5.74, 6) is -1.39. The number of fused-ring (bicyclic) bond motifs is 3. The number of nitrogens with zero attached hydrogens (tertiary/aromatic N) is 6. The van der Waals surface area contributed by atoms with Gasteiger partial charge in [-0.2, -0.15) is 23.4 Å². The number of alkyl halides is 3. The van der Waals surface area contributed by atoms with Crippen LogP contribution in [0.2, 0.25) is 0 Å². The van der Waals surface area contributed by atoms with Crippen molar-refractivity contribution in [1.29, 1.82) is 4.78 Å². The Balaban J connectivity index is 1.30. The zero-order valence-electron chi connectivity index (χ0n) is 23.3. The number of benzene rings is 1. The van der Waals surface area contributed by atoms with E-state index in [0.29, 0.717) is 42.9 Å². The van der Waals surface area contributed by atoms with Gasteiger partial charge in [-0.3, -0.25) is 14.5 Å². The largest absolute Gasteiger partial charge is 0.416 e. The molecule has 4 aromatic rings. The number of halogens is 4. The number of carbonyl (C=O) groups excluding carboxylic acids is 1. The Bertz CT molecular complexity index is 1850. The van der Waals surface area contributed by atoms with Crippen LogP contribution in [0.4, 0.5) is 17.6 Å². The molecular weight excluding hydrogens is 602 g/mol. The monoisotopic (exact) mass is 629 g/mol. The lowest BCUT2D eigenvalue weighted by molar-refractivity contribution is -0.137. The lowest BCUT2D eigenvalue weighted by atomic mass is 9.60. The highest BCUT2D eigenvalue weighted by molar-refractivity contribution is 7.90. The van der Waals surface area contributed by atoms with Crippen molar-refractivity contribution in [2.75, 3.05) is 19.7 Å². The third-order valence-corrected chi connectivity index (χ3v) is 10.7. The van der Waals surface area contributed by atoms with E-state index in [0.717, 1.165) is 24.0 Å². The maximum atomic E-state index is 14.4. The first-order chi connectivity index (χ1) is 21.0. The summed E-state index contributed by atoms with van der Waals surface area (Å²) in [5.41, 5.74) is 0.147. The minimum absolute atomic E-state index is 0.0527. The Morgan fingerprint density at radius 3 is 2.68 bits per heavy atom. The lowest BCUT2D eigenvalue weighted by Gasteiger charge is -2.49. The zero-order valence-corrected chi connectivity index (χ0v) is 24.1. The van der Waals surface area contributed by atoms with Gasteiger partial charge in [0.05, 0.1) is 48.3 Å². The third-order valence-electron chi connectivity index (χ3n) is 8.90. The van der Waals surface area contributed by atoms with Crippen LogP contribution in [0.25, 0.3) is 5.69 Å². The minimum atomic E-state index is -4.68. The molecule has 3 aliphatic rings. The van der Waals surface area contributed by atoms with E-state index in [9.17, 15) is 26.6 Å². The Kier molecular flexibility index (Phi) is 6.75. The molecule has 1 unspecified atom stereocenters. The van der Waals surface area contributed by atoms with Crippen LogP contribution in [0.3, 0.4) is 0 Å². The van der Waals surface area contributed by atoms with Gasteiger partial charge in [0.1, 0.15) is 11.5 Å². The van der Waals surface area contributed by atoms with Crippen LogP contribution >= 0.6 is 0 Å². The first kappa shape index (κ1) is 28.8. The molecule has 0 radical (unpaired) electrons. The van der Waals surface area contributed by atoms with Gasteiger partial charge in [-0.25, -0.2) is 22.4 Å². The van der Waals surface area contributed by atoms with Crippen LogP contribution in [0, 0.1) is 21.9 Å². The predicted octanol–water partition coefficient (Wildman–Crippen LogP) is 4.46. The van der Waals surface area contributed by atoms with E-state index in [4.69, 9.17) is 9.52 Å². The number of carbonyl (C=O) groups is 1. The van der Waals surface area contributed by atoms with Crippen LogP contribution in [0.15, 0.2) is 59.9 Å². The van der Waals surface area contributed by atoms with Crippen molar-refractivity contribution in [2.24, 2.45) is 11.3 Å². The van der Waals surface area contributed by atoms with Crippen LogP contribution in [-0.4, -0.2) is 58.5 Å². The number of aromatic nitrogens is 5. The number of nitrogens with one attached hydrogen (secondary N) is 1. The normalized spacial score (nSPS) is 23.3. The Labute approximate surface area is 249 Å². The molecule has 1 aromatic carbocycles. The number of hydrogen-bond donors (Lipinski definition) is 1. The fraction of sp³-hybridized carbons (Fsp3) is 0.379. The first-order valence-electron chi connectivity index (χ1n) is 14.0. The molecule has 1 N–H and O–H groups in total. The fourth-order valence-corrected chi connectivity index (χ4v) is 8.17.